The van der Waals surface area contributed by atoms with Gasteiger partial charge in [0.05, 0.1) is 6.10 Å². The van der Waals surface area contributed by atoms with Gasteiger partial charge in [0.2, 0.25) is 0 Å². The fourth-order valence-corrected chi connectivity index (χ4v) is 1.57. The smallest absolute Gasteiger partial charge is 0.162 e. The minimum atomic E-state index is -0.965. The Hall–Kier alpha value is -1.98. The van der Waals surface area contributed by atoms with Gasteiger partial charge >= 0.3 is 0 Å². The molecule has 1 unspecified atom stereocenters. The largest absolute Gasteiger partial charge is 0.457 e. The predicted octanol–water partition coefficient (Wildman–Crippen LogP) is 2.75. The van der Waals surface area contributed by atoms with Gasteiger partial charge in [0.15, 0.2) is 11.6 Å². The molecule has 0 aliphatic carbocycles. The zero-order valence-electron chi connectivity index (χ0n) is 10.0. The number of aliphatic hydroxyl groups is 1. The first-order valence-corrected chi connectivity index (χ1v) is 5.71. The van der Waals surface area contributed by atoms with Crippen LogP contribution in [0.25, 0.3) is 0 Å². The first kappa shape index (κ1) is 13.5. The lowest BCUT2D eigenvalue weighted by atomic mass is 10.1. The Morgan fingerprint density at radius 3 is 2.21 bits per heavy atom. The zero-order chi connectivity index (χ0) is 13.8. The van der Waals surface area contributed by atoms with Crippen molar-refractivity contribution >= 4 is 0 Å². The van der Waals surface area contributed by atoms with Crippen LogP contribution in [-0.2, 0) is 0 Å². The minimum absolute atomic E-state index is 0.128. The average Bonchev–Trinajstić information content (AvgIpc) is 2.43. The highest BCUT2D eigenvalue weighted by molar-refractivity contribution is 5.34. The van der Waals surface area contributed by atoms with Crippen LogP contribution in [0.4, 0.5) is 8.78 Å². The standard InChI is InChI=1S/C14H13F2NO2/c15-12-6-5-11(7-13(12)16)19-10-3-1-9(2-4-10)14(18)8-17/h1-7,14,18H,8,17H2. The Kier molecular flexibility index (Phi) is 4.09. The van der Waals surface area contributed by atoms with Gasteiger partial charge in [-0.15, -0.1) is 0 Å². The maximum absolute atomic E-state index is 13.0. The maximum Gasteiger partial charge on any atom is 0.162 e. The summed E-state index contributed by atoms with van der Waals surface area (Å²) in [5.74, 6) is -1.23. The van der Waals surface area contributed by atoms with Crippen molar-refractivity contribution < 1.29 is 18.6 Å². The molecular weight excluding hydrogens is 252 g/mol. The van der Waals surface area contributed by atoms with E-state index in [1.54, 1.807) is 24.3 Å². The SMILES string of the molecule is NCC(O)c1ccc(Oc2ccc(F)c(F)c2)cc1. The highest BCUT2D eigenvalue weighted by Gasteiger charge is 2.06. The van der Waals surface area contributed by atoms with Crippen LogP contribution in [0.5, 0.6) is 11.5 Å². The van der Waals surface area contributed by atoms with E-state index in [1.807, 2.05) is 0 Å². The van der Waals surface area contributed by atoms with E-state index in [-0.39, 0.29) is 12.3 Å². The van der Waals surface area contributed by atoms with Crippen molar-refractivity contribution in [2.24, 2.45) is 5.73 Å². The van der Waals surface area contributed by atoms with Gasteiger partial charge in [-0.05, 0) is 29.8 Å². The van der Waals surface area contributed by atoms with Crippen molar-refractivity contribution in [3.05, 3.63) is 59.7 Å². The lowest BCUT2D eigenvalue weighted by Crippen LogP contribution is -2.11. The van der Waals surface area contributed by atoms with E-state index >= 15 is 0 Å². The molecule has 0 aliphatic rings. The van der Waals surface area contributed by atoms with Crippen molar-refractivity contribution in [2.45, 2.75) is 6.10 Å². The fraction of sp³-hybridized carbons (Fsp3) is 0.143. The van der Waals surface area contributed by atoms with Crippen molar-refractivity contribution in [2.75, 3.05) is 6.54 Å². The van der Waals surface area contributed by atoms with E-state index in [1.165, 1.54) is 6.07 Å². The Bertz CT molecular complexity index is 558. The van der Waals surface area contributed by atoms with Crippen LogP contribution in [0.3, 0.4) is 0 Å². The molecule has 0 saturated carbocycles. The summed E-state index contributed by atoms with van der Waals surface area (Å²) < 4.78 is 31.1. The second kappa shape index (κ2) is 5.77. The van der Waals surface area contributed by atoms with Gasteiger partial charge in [-0.25, -0.2) is 8.78 Å². The highest BCUT2D eigenvalue weighted by Crippen LogP contribution is 2.24. The molecule has 2 aromatic rings. The molecule has 3 N–H and O–H groups in total. The molecule has 0 bridgehead atoms. The van der Waals surface area contributed by atoms with E-state index in [0.29, 0.717) is 11.3 Å². The summed E-state index contributed by atoms with van der Waals surface area (Å²) in [7, 11) is 0. The summed E-state index contributed by atoms with van der Waals surface area (Å²) in [4.78, 5) is 0. The Balaban J connectivity index is 2.12. The number of hydrogen-bond acceptors (Lipinski definition) is 3. The molecule has 0 spiro atoms. The summed E-state index contributed by atoms with van der Waals surface area (Å²) in [6.45, 7) is 0.128. The summed E-state index contributed by atoms with van der Waals surface area (Å²) in [6.07, 6.45) is -0.725. The van der Waals surface area contributed by atoms with Gasteiger partial charge < -0.3 is 15.6 Å². The van der Waals surface area contributed by atoms with Gasteiger partial charge in [0.25, 0.3) is 0 Å². The third-order valence-corrected chi connectivity index (χ3v) is 2.61. The van der Waals surface area contributed by atoms with E-state index in [0.717, 1.165) is 12.1 Å². The van der Waals surface area contributed by atoms with Crippen LogP contribution in [0.2, 0.25) is 0 Å². The average molecular weight is 265 g/mol. The molecule has 2 rings (SSSR count). The molecule has 0 aliphatic heterocycles. The molecule has 0 saturated heterocycles. The monoisotopic (exact) mass is 265 g/mol. The Labute approximate surface area is 109 Å². The van der Waals surface area contributed by atoms with Crippen LogP contribution in [0, 0.1) is 11.6 Å². The molecule has 0 aromatic heterocycles. The van der Waals surface area contributed by atoms with Crippen molar-refractivity contribution in [1.29, 1.82) is 0 Å². The summed E-state index contributed by atoms with van der Waals surface area (Å²) in [6, 6.07) is 9.86. The van der Waals surface area contributed by atoms with E-state index in [2.05, 4.69) is 0 Å². The van der Waals surface area contributed by atoms with Crippen LogP contribution < -0.4 is 10.5 Å². The van der Waals surface area contributed by atoms with Gasteiger partial charge in [-0.2, -0.15) is 0 Å². The van der Waals surface area contributed by atoms with Gasteiger partial charge in [0.1, 0.15) is 11.5 Å². The van der Waals surface area contributed by atoms with E-state index < -0.39 is 17.7 Å². The predicted molar refractivity (Wildman–Crippen MR) is 66.9 cm³/mol. The van der Waals surface area contributed by atoms with Crippen molar-refractivity contribution in [3.8, 4) is 11.5 Å². The normalized spacial score (nSPS) is 12.2. The maximum atomic E-state index is 13.0. The Morgan fingerprint density at radius 1 is 1.00 bits per heavy atom. The van der Waals surface area contributed by atoms with E-state index in [4.69, 9.17) is 10.5 Å². The molecule has 100 valence electrons. The summed E-state index contributed by atoms with van der Waals surface area (Å²) in [5.41, 5.74) is 6.00. The zero-order valence-corrected chi connectivity index (χ0v) is 10.0. The lowest BCUT2D eigenvalue weighted by Gasteiger charge is -2.10. The number of aliphatic hydroxyl groups excluding tert-OH is 1. The molecule has 19 heavy (non-hydrogen) atoms. The van der Waals surface area contributed by atoms with E-state index in [9.17, 15) is 13.9 Å². The first-order valence-electron chi connectivity index (χ1n) is 5.71. The molecule has 5 heteroatoms. The third kappa shape index (κ3) is 3.27. The van der Waals surface area contributed by atoms with Crippen molar-refractivity contribution in [1.82, 2.24) is 0 Å². The topological polar surface area (TPSA) is 55.5 Å². The minimum Gasteiger partial charge on any atom is -0.457 e. The second-order valence-electron chi connectivity index (χ2n) is 4.00. The number of hydrogen-bond donors (Lipinski definition) is 2. The Morgan fingerprint density at radius 2 is 1.63 bits per heavy atom. The molecule has 0 amide bonds. The van der Waals surface area contributed by atoms with Gasteiger partial charge in [-0.3, -0.25) is 0 Å². The first-order chi connectivity index (χ1) is 9.10. The van der Waals surface area contributed by atoms with Gasteiger partial charge in [0, 0.05) is 12.6 Å². The number of rotatable bonds is 4. The molecule has 1 atom stereocenters. The fourth-order valence-electron chi connectivity index (χ4n) is 1.57. The number of ether oxygens (including phenoxy) is 1. The number of benzene rings is 2. The van der Waals surface area contributed by atoms with Crippen LogP contribution >= 0.6 is 0 Å². The quantitative estimate of drug-likeness (QED) is 0.893. The van der Waals surface area contributed by atoms with Gasteiger partial charge in [-0.1, -0.05) is 12.1 Å². The summed E-state index contributed by atoms with van der Waals surface area (Å²) >= 11 is 0. The third-order valence-electron chi connectivity index (χ3n) is 2.61. The number of halogens is 2. The highest BCUT2D eigenvalue weighted by atomic mass is 19.2. The van der Waals surface area contributed by atoms with Crippen LogP contribution in [-0.4, -0.2) is 11.7 Å². The molecule has 0 radical (unpaired) electrons. The summed E-state index contributed by atoms with van der Waals surface area (Å²) in [5, 5.41) is 9.52. The second-order valence-corrected chi connectivity index (χ2v) is 4.00. The molecule has 0 heterocycles. The lowest BCUT2D eigenvalue weighted by molar-refractivity contribution is 0.186. The number of nitrogens with two attached hydrogens (primary N) is 1. The molecule has 3 nitrogen and oxygen atoms in total. The molecular formula is C14H13F2NO2. The van der Waals surface area contributed by atoms with Crippen LogP contribution in [0.1, 0.15) is 11.7 Å². The van der Waals surface area contributed by atoms with Crippen LogP contribution in [0.15, 0.2) is 42.5 Å². The molecule has 0 fully saturated rings. The van der Waals surface area contributed by atoms with Crippen molar-refractivity contribution in [3.63, 3.8) is 0 Å². The molecule has 2 aromatic carbocycles.